The maximum atomic E-state index is 13.7. The van der Waals surface area contributed by atoms with Crippen LogP contribution in [-0.4, -0.2) is 83.6 Å². The summed E-state index contributed by atoms with van der Waals surface area (Å²) in [5.41, 5.74) is 2.63. The van der Waals surface area contributed by atoms with E-state index in [4.69, 9.17) is 21.1 Å². The standard InChI is InChI=1S/C30H33ClFN7O5/c1-3-44-30(42)25-17(2)22(37-23(25)15-24(40)33-7-4-8-39-9-11-43-12-10-39)14-19-26-27(34-16-35-28(26)38-29(19)41)36-18-5-6-21(32)20(31)13-18/h5-6,13-14,16,37H,3-4,7-12,15H2,1-2H3,(H,33,40)(H2,34,35,36,38,41)/b19-14-. The molecule has 0 atom stereocenters. The summed E-state index contributed by atoms with van der Waals surface area (Å²) >= 11 is 5.94. The van der Waals surface area contributed by atoms with Crippen LogP contribution in [0.1, 0.15) is 46.2 Å². The highest BCUT2D eigenvalue weighted by molar-refractivity contribution is 6.35. The monoisotopic (exact) mass is 625 g/mol. The number of ether oxygens (including phenoxy) is 2. The first kappa shape index (κ1) is 31.1. The Labute approximate surface area is 258 Å². The molecule has 1 aromatic carbocycles. The molecule has 2 amide bonds. The van der Waals surface area contributed by atoms with Crippen LogP contribution in [0.4, 0.5) is 21.7 Å². The van der Waals surface area contributed by atoms with Crippen LogP contribution in [-0.2, 0) is 25.5 Å². The van der Waals surface area contributed by atoms with Crippen molar-refractivity contribution in [2.75, 3.05) is 56.6 Å². The van der Waals surface area contributed by atoms with Gasteiger partial charge in [-0.15, -0.1) is 0 Å². The first-order chi connectivity index (χ1) is 21.2. The number of H-pyrrole nitrogens is 1. The number of rotatable bonds is 11. The van der Waals surface area contributed by atoms with Crippen LogP contribution in [0.2, 0.25) is 5.02 Å². The fraction of sp³-hybridized carbons (Fsp3) is 0.367. The highest BCUT2D eigenvalue weighted by Crippen LogP contribution is 2.38. The van der Waals surface area contributed by atoms with Crippen LogP contribution in [0.5, 0.6) is 0 Å². The highest BCUT2D eigenvalue weighted by Gasteiger charge is 2.31. The van der Waals surface area contributed by atoms with Gasteiger partial charge in [-0.05, 0) is 56.7 Å². The molecule has 0 unspecified atom stereocenters. The highest BCUT2D eigenvalue weighted by atomic mass is 35.5. The van der Waals surface area contributed by atoms with Crippen molar-refractivity contribution in [2.45, 2.75) is 26.7 Å². The second-order valence-electron chi connectivity index (χ2n) is 10.3. The Bertz CT molecular complexity index is 1600. The predicted octanol–water partition coefficient (Wildman–Crippen LogP) is 3.70. The second kappa shape index (κ2) is 14.0. The molecule has 1 fully saturated rings. The summed E-state index contributed by atoms with van der Waals surface area (Å²) in [6.07, 6.45) is 3.56. The number of halogens is 2. The zero-order chi connectivity index (χ0) is 31.2. The van der Waals surface area contributed by atoms with E-state index in [9.17, 15) is 18.8 Å². The third-order valence-corrected chi connectivity index (χ3v) is 7.61. The molecule has 1 saturated heterocycles. The Hall–Kier alpha value is -4.33. The van der Waals surface area contributed by atoms with E-state index in [1.54, 1.807) is 19.9 Å². The number of nitrogens with one attached hydrogen (secondary N) is 4. The minimum absolute atomic E-state index is 0.0761. The average molecular weight is 626 g/mol. The SMILES string of the molecule is CCOC(=O)c1c(CC(=O)NCCCN2CCOCC2)[nH]c(/C=C2\C(=O)Nc3ncnc(Nc4ccc(F)c(Cl)c4)c32)c1C. The van der Waals surface area contributed by atoms with E-state index in [0.29, 0.717) is 34.7 Å². The molecule has 12 nitrogen and oxygen atoms in total. The van der Waals surface area contributed by atoms with Gasteiger partial charge in [0.15, 0.2) is 0 Å². The van der Waals surface area contributed by atoms with Gasteiger partial charge in [0.25, 0.3) is 5.91 Å². The minimum atomic E-state index is -0.573. The number of amides is 2. The van der Waals surface area contributed by atoms with Crippen molar-refractivity contribution in [3.05, 3.63) is 63.4 Å². The van der Waals surface area contributed by atoms with Gasteiger partial charge in [0.1, 0.15) is 23.8 Å². The molecular weight excluding hydrogens is 593 g/mol. The number of morpholine rings is 1. The van der Waals surface area contributed by atoms with Crippen LogP contribution in [0.25, 0.3) is 11.6 Å². The maximum absolute atomic E-state index is 13.7. The molecule has 0 aliphatic carbocycles. The first-order valence-electron chi connectivity index (χ1n) is 14.3. The minimum Gasteiger partial charge on any atom is -0.462 e. The van der Waals surface area contributed by atoms with E-state index in [1.807, 2.05) is 0 Å². The maximum Gasteiger partial charge on any atom is 0.340 e. The van der Waals surface area contributed by atoms with E-state index in [-0.39, 0.29) is 46.7 Å². The lowest BCUT2D eigenvalue weighted by molar-refractivity contribution is -0.120. The number of nitrogens with zero attached hydrogens (tertiary/aromatic N) is 3. The molecule has 4 N–H and O–H groups in total. The summed E-state index contributed by atoms with van der Waals surface area (Å²) in [5.74, 6) is -1.27. The molecule has 0 bridgehead atoms. The van der Waals surface area contributed by atoms with E-state index < -0.39 is 17.7 Å². The molecule has 2 aliphatic rings. The van der Waals surface area contributed by atoms with Gasteiger partial charge in [-0.25, -0.2) is 19.2 Å². The van der Waals surface area contributed by atoms with Crippen LogP contribution < -0.4 is 16.0 Å². The van der Waals surface area contributed by atoms with Crippen molar-refractivity contribution < 1.29 is 28.2 Å². The molecule has 44 heavy (non-hydrogen) atoms. The Morgan fingerprint density at radius 1 is 1.25 bits per heavy atom. The van der Waals surface area contributed by atoms with E-state index in [0.717, 1.165) is 39.3 Å². The van der Waals surface area contributed by atoms with Crippen molar-refractivity contribution in [3.63, 3.8) is 0 Å². The smallest absolute Gasteiger partial charge is 0.340 e. The molecule has 2 aliphatic heterocycles. The molecule has 232 valence electrons. The zero-order valence-corrected chi connectivity index (χ0v) is 25.1. The summed E-state index contributed by atoms with van der Waals surface area (Å²) in [5, 5.41) is 8.63. The molecule has 3 aromatic rings. The zero-order valence-electron chi connectivity index (χ0n) is 24.4. The number of carbonyl (C=O) groups is 3. The molecule has 0 saturated carbocycles. The van der Waals surface area contributed by atoms with Crippen LogP contribution in [0, 0.1) is 12.7 Å². The van der Waals surface area contributed by atoms with Gasteiger partial charge in [0, 0.05) is 36.7 Å². The predicted molar refractivity (Wildman–Crippen MR) is 163 cm³/mol. The number of hydrogen-bond donors (Lipinski definition) is 4. The lowest BCUT2D eigenvalue weighted by Crippen LogP contribution is -2.38. The largest absolute Gasteiger partial charge is 0.462 e. The third kappa shape index (κ3) is 7.07. The van der Waals surface area contributed by atoms with Gasteiger partial charge in [0.2, 0.25) is 5.91 Å². The molecule has 5 rings (SSSR count). The molecule has 4 heterocycles. The van der Waals surface area contributed by atoms with Crippen molar-refractivity contribution in [2.24, 2.45) is 0 Å². The molecule has 2 aromatic heterocycles. The molecule has 0 spiro atoms. The van der Waals surface area contributed by atoms with Gasteiger partial charge in [-0.1, -0.05) is 11.6 Å². The number of fused-ring (bicyclic) bond motifs is 1. The summed E-state index contributed by atoms with van der Waals surface area (Å²) in [6.45, 7) is 8.11. The second-order valence-corrected chi connectivity index (χ2v) is 10.7. The Kier molecular flexibility index (Phi) is 9.88. The van der Waals surface area contributed by atoms with Gasteiger partial charge in [-0.2, -0.15) is 0 Å². The van der Waals surface area contributed by atoms with Crippen molar-refractivity contribution in [3.8, 4) is 0 Å². The summed E-state index contributed by atoms with van der Waals surface area (Å²) in [4.78, 5) is 52.9. The summed E-state index contributed by atoms with van der Waals surface area (Å²) in [6, 6.07) is 4.11. The number of benzene rings is 1. The Morgan fingerprint density at radius 2 is 2.05 bits per heavy atom. The third-order valence-electron chi connectivity index (χ3n) is 7.32. The van der Waals surface area contributed by atoms with Crippen LogP contribution in [0.3, 0.4) is 0 Å². The van der Waals surface area contributed by atoms with E-state index in [2.05, 4.69) is 35.8 Å². The number of anilines is 3. The number of aromatic nitrogens is 3. The van der Waals surface area contributed by atoms with Crippen molar-refractivity contribution in [1.29, 1.82) is 0 Å². The van der Waals surface area contributed by atoms with E-state index >= 15 is 0 Å². The average Bonchev–Trinajstić information content (AvgIpc) is 3.49. The molecular formula is C30H33ClFN7O5. The summed E-state index contributed by atoms with van der Waals surface area (Å²) in [7, 11) is 0. The fourth-order valence-electron chi connectivity index (χ4n) is 5.13. The fourth-order valence-corrected chi connectivity index (χ4v) is 5.31. The molecule has 14 heteroatoms. The van der Waals surface area contributed by atoms with Crippen LogP contribution in [0.15, 0.2) is 24.5 Å². The number of hydrogen-bond acceptors (Lipinski definition) is 9. The summed E-state index contributed by atoms with van der Waals surface area (Å²) < 4.78 is 24.4. The van der Waals surface area contributed by atoms with E-state index in [1.165, 1.54) is 24.5 Å². The topological polar surface area (TPSA) is 151 Å². The normalized spacial score (nSPS) is 15.6. The van der Waals surface area contributed by atoms with Crippen LogP contribution >= 0.6 is 11.6 Å². The number of aromatic amines is 1. The Balaban J connectivity index is 1.39. The van der Waals surface area contributed by atoms with Gasteiger partial charge >= 0.3 is 5.97 Å². The number of esters is 1. The lowest BCUT2D eigenvalue weighted by Gasteiger charge is -2.26. The van der Waals surface area contributed by atoms with Gasteiger partial charge in [0.05, 0.1) is 48.0 Å². The Morgan fingerprint density at radius 3 is 2.80 bits per heavy atom. The van der Waals surface area contributed by atoms with Crippen molar-refractivity contribution in [1.82, 2.24) is 25.2 Å². The molecule has 0 radical (unpaired) electrons. The quantitative estimate of drug-likeness (QED) is 0.142. The number of carbonyl (C=O) groups excluding carboxylic acids is 3. The lowest BCUT2D eigenvalue weighted by atomic mass is 10.0. The van der Waals surface area contributed by atoms with Crippen molar-refractivity contribution >= 4 is 58.4 Å². The van der Waals surface area contributed by atoms with Gasteiger partial charge in [-0.3, -0.25) is 14.5 Å². The first-order valence-corrected chi connectivity index (χ1v) is 14.7. The van der Waals surface area contributed by atoms with Gasteiger partial charge < -0.3 is 30.4 Å².